The number of hydrogen-bond acceptors (Lipinski definition) is 4. The van der Waals surface area contributed by atoms with Gasteiger partial charge in [-0.05, 0) is 37.1 Å². The summed E-state index contributed by atoms with van der Waals surface area (Å²) < 4.78 is 30.6. The molecule has 1 aromatic heterocycles. The van der Waals surface area contributed by atoms with E-state index in [2.05, 4.69) is 5.32 Å². The Bertz CT molecular complexity index is 866. The smallest absolute Gasteiger partial charge is 0.287 e. The highest BCUT2D eigenvalue weighted by atomic mass is 35.5. The average Bonchev–Trinajstić information content (AvgIpc) is 3.18. The van der Waals surface area contributed by atoms with Crippen molar-refractivity contribution in [3.63, 3.8) is 0 Å². The van der Waals surface area contributed by atoms with Crippen LogP contribution in [0.4, 0.5) is 0 Å². The molecule has 1 N–H and O–H groups in total. The van der Waals surface area contributed by atoms with Gasteiger partial charge in [-0.1, -0.05) is 42.1 Å². The lowest BCUT2D eigenvalue weighted by Gasteiger charge is -2.10. The highest BCUT2D eigenvalue weighted by Gasteiger charge is 2.25. The number of carbonyl (C=O) groups excluding carboxylic acids is 1. The average molecular weight is 402 g/mol. The summed E-state index contributed by atoms with van der Waals surface area (Å²) in [6.07, 6.45) is 4.12. The highest BCUT2D eigenvalue weighted by molar-refractivity contribution is 7.90. The molecule has 3 rings (SSSR count). The van der Waals surface area contributed by atoms with Crippen LogP contribution in [0.3, 0.4) is 0 Å². The number of rotatable bonds is 5. The Hall–Kier alpha value is -1.50. The van der Waals surface area contributed by atoms with E-state index in [1.807, 2.05) is 0 Å². The molecule has 1 fully saturated rings. The molecule has 1 aliphatic rings. The van der Waals surface area contributed by atoms with Crippen LogP contribution in [0.2, 0.25) is 10.0 Å². The summed E-state index contributed by atoms with van der Waals surface area (Å²) in [6, 6.07) is 7.61. The van der Waals surface area contributed by atoms with Gasteiger partial charge in [0.15, 0.2) is 15.6 Å². The van der Waals surface area contributed by atoms with Crippen molar-refractivity contribution in [3.8, 4) is 0 Å². The lowest BCUT2D eigenvalue weighted by atomic mass is 10.2. The first-order valence-corrected chi connectivity index (χ1v) is 10.3. The molecule has 0 bridgehead atoms. The second kappa shape index (κ2) is 7.40. The van der Waals surface area contributed by atoms with E-state index < -0.39 is 15.6 Å². The number of nitrogens with one attached hydrogen (secondary N) is 1. The number of hydrogen-bond donors (Lipinski definition) is 1. The zero-order valence-electron chi connectivity index (χ0n) is 13.3. The molecule has 1 saturated carbocycles. The molecule has 0 atom stereocenters. The van der Waals surface area contributed by atoms with Gasteiger partial charge >= 0.3 is 0 Å². The fourth-order valence-corrected chi connectivity index (χ4v) is 5.45. The third-order valence-electron chi connectivity index (χ3n) is 4.14. The summed E-state index contributed by atoms with van der Waals surface area (Å²) in [4.78, 5) is 12.0. The van der Waals surface area contributed by atoms with Crippen LogP contribution in [-0.4, -0.2) is 20.4 Å². The maximum absolute atomic E-state index is 12.6. The van der Waals surface area contributed by atoms with Gasteiger partial charge in [0.05, 0.1) is 10.0 Å². The van der Waals surface area contributed by atoms with Gasteiger partial charge in [0.1, 0.15) is 16.4 Å². The van der Waals surface area contributed by atoms with Crippen LogP contribution in [-0.2, 0) is 15.6 Å². The Kier molecular flexibility index (Phi) is 5.41. The van der Waals surface area contributed by atoms with Crippen LogP contribution < -0.4 is 5.32 Å². The second-order valence-electron chi connectivity index (χ2n) is 6.03. The van der Waals surface area contributed by atoms with E-state index in [0.717, 1.165) is 25.7 Å². The van der Waals surface area contributed by atoms with Crippen molar-refractivity contribution in [2.24, 2.45) is 0 Å². The molecule has 0 unspecified atom stereocenters. The van der Waals surface area contributed by atoms with Crippen LogP contribution in [0.1, 0.15) is 42.0 Å². The van der Waals surface area contributed by atoms with Crippen molar-refractivity contribution in [2.45, 2.75) is 42.4 Å². The van der Waals surface area contributed by atoms with E-state index in [4.69, 9.17) is 27.6 Å². The number of carbonyl (C=O) groups is 1. The third-order valence-corrected chi connectivity index (χ3v) is 6.72. The highest BCUT2D eigenvalue weighted by Crippen LogP contribution is 2.31. The minimum absolute atomic E-state index is 0.0539. The number of halogens is 2. The molecule has 5 nitrogen and oxygen atoms in total. The van der Waals surface area contributed by atoms with Gasteiger partial charge < -0.3 is 9.73 Å². The summed E-state index contributed by atoms with van der Waals surface area (Å²) in [7, 11) is -3.80. The molecule has 2 aromatic rings. The van der Waals surface area contributed by atoms with Crippen molar-refractivity contribution in [1.82, 2.24) is 5.32 Å². The van der Waals surface area contributed by atoms with Crippen LogP contribution in [0.15, 0.2) is 39.6 Å². The first-order valence-electron chi connectivity index (χ1n) is 7.93. The molecule has 1 aromatic carbocycles. The summed E-state index contributed by atoms with van der Waals surface area (Å²) in [5, 5.41) is 3.00. The van der Waals surface area contributed by atoms with Gasteiger partial charge in [-0.2, -0.15) is 0 Å². The predicted molar refractivity (Wildman–Crippen MR) is 95.8 cm³/mol. The maximum atomic E-state index is 12.6. The number of sulfone groups is 1. The van der Waals surface area contributed by atoms with Gasteiger partial charge in [-0.3, -0.25) is 4.79 Å². The Labute approximate surface area is 156 Å². The van der Waals surface area contributed by atoms with Crippen LogP contribution in [0.5, 0.6) is 0 Å². The number of amides is 1. The summed E-state index contributed by atoms with van der Waals surface area (Å²) in [5.74, 6) is -0.492. The first-order chi connectivity index (χ1) is 11.9. The molecule has 0 radical (unpaired) electrons. The molecule has 0 spiro atoms. The second-order valence-corrected chi connectivity index (χ2v) is 8.77. The Morgan fingerprint density at radius 1 is 1.12 bits per heavy atom. The van der Waals surface area contributed by atoms with Gasteiger partial charge in [0, 0.05) is 6.04 Å². The molecule has 0 saturated heterocycles. The van der Waals surface area contributed by atoms with E-state index in [1.54, 1.807) is 6.07 Å². The fourth-order valence-electron chi connectivity index (χ4n) is 2.94. The van der Waals surface area contributed by atoms with Crippen molar-refractivity contribution in [1.29, 1.82) is 0 Å². The quantitative estimate of drug-likeness (QED) is 0.812. The predicted octanol–water partition coefficient (Wildman–Crippen LogP) is 4.23. The topological polar surface area (TPSA) is 76.4 Å². The van der Waals surface area contributed by atoms with Gasteiger partial charge in [0.2, 0.25) is 0 Å². The van der Waals surface area contributed by atoms with E-state index in [9.17, 15) is 13.2 Å². The molecule has 134 valence electrons. The van der Waals surface area contributed by atoms with Crippen molar-refractivity contribution >= 4 is 38.9 Å². The molecule has 1 amide bonds. The third kappa shape index (κ3) is 4.19. The first kappa shape index (κ1) is 18.3. The van der Waals surface area contributed by atoms with E-state index in [0.29, 0.717) is 0 Å². The molecule has 25 heavy (non-hydrogen) atoms. The maximum Gasteiger partial charge on any atom is 0.287 e. The van der Waals surface area contributed by atoms with Gasteiger partial charge in [0.25, 0.3) is 5.91 Å². The summed E-state index contributed by atoms with van der Waals surface area (Å²) in [6.45, 7) is 0. The molecule has 1 heterocycles. The van der Waals surface area contributed by atoms with Crippen molar-refractivity contribution in [2.75, 3.05) is 0 Å². The summed E-state index contributed by atoms with van der Waals surface area (Å²) in [5.41, 5.74) is 0. The lowest BCUT2D eigenvalue weighted by molar-refractivity contribution is 0.0908. The molecular weight excluding hydrogens is 385 g/mol. The van der Waals surface area contributed by atoms with Crippen LogP contribution >= 0.6 is 23.2 Å². The molecule has 0 aliphatic heterocycles. The number of benzene rings is 1. The number of furan rings is 1. The minimum Gasteiger partial charge on any atom is -0.455 e. The Morgan fingerprint density at radius 3 is 2.40 bits per heavy atom. The fraction of sp³-hybridized carbons (Fsp3) is 0.353. The van der Waals surface area contributed by atoms with Crippen molar-refractivity contribution in [3.05, 3.63) is 51.9 Å². The van der Waals surface area contributed by atoms with Crippen molar-refractivity contribution < 1.29 is 17.6 Å². The van der Waals surface area contributed by atoms with E-state index >= 15 is 0 Å². The summed E-state index contributed by atoms with van der Waals surface area (Å²) >= 11 is 11.9. The Balaban J connectivity index is 1.75. The SMILES string of the molecule is O=C(NC1CCCC1)c1ccc(CS(=O)(=O)c2c(Cl)cccc2Cl)o1. The van der Waals surface area contributed by atoms with Crippen LogP contribution in [0.25, 0.3) is 0 Å². The minimum atomic E-state index is -3.80. The molecular formula is C17H17Cl2NO4S. The van der Waals surface area contributed by atoms with E-state index in [1.165, 1.54) is 24.3 Å². The Morgan fingerprint density at radius 2 is 1.76 bits per heavy atom. The zero-order valence-corrected chi connectivity index (χ0v) is 15.6. The van der Waals surface area contributed by atoms with Gasteiger partial charge in [-0.15, -0.1) is 0 Å². The van der Waals surface area contributed by atoms with Gasteiger partial charge in [-0.25, -0.2) is 8.42 Å². The largest absolute Gasteiger partial charge is 0.455 e. The monoisotopic (exact) mass is 401 g/mol. The van der Waals surface area contributed by atoms with Crippen LogP contribution in [0, 0.1) is 0 Å². The van der Waals surface area contributed by atoms with E-state index in [-0.39, 0.29) is 38.4 Å². The normalized spacial score (nSPS) is 15.4. The lowest BCUT2D eigenvalue weighted by Crippen LogP contribution is -2.32. The molecule has 1 aliphatic carbocycles. The standard InChI is InChI=1S/C17H17Cl2NO4S/c18-13-6-3-7-14(19)16(13)25(22,23)10-12-8-9-15(24-12)17(21)20-11-4-1-2-5-11/h3,6-9,11H,1-2,4-5,10H2,(H,20,21). The zero-order chi connectivity index (χ0) is 18.0. The molecule has 8 heteroatoms.